The van der Waals surface area contributed by atoms with Crippen LogP contribution in [0.5, 0.6) is 0 Å². The summed E-state index contributed by atoms with van der Waals surface area (Å²) in [6.07, 6.45) is 1.64. The molecule has 1 aliphatic rings. The molecule has 1 aliphatic heterocycles. The lowest BCUT2D eigenvalue weighted by Gasteiger charge is -2.35. The standard InChI is InChI=1S/C30H27FN4O/c31-27-18-21(19-32)15-16-28(27)35-17-7-12-24(20-35)33-30(36)34-29(23-9-2-1-3-10-23)26-14-6-11-22-8-4-5-13-25(22)26/h1-6,8-11,13-16,18,24,29H,7,12,17,20H2,(H2,33,34,36). The fourth-order valence-corrected chi connectivity index (χ4v) is 4.99. The molecule has 0 spiro atoms. The van der Waals surface area contributed by atoms with Crippen LogP contribution in [-0.4, -0.2) is 25.2 Å². The number of carbonyl (C=O) groups excluding carboxylic acids is 1. The van der Waals surface area contributed by atoms with Crippen molar-refractivity contribution in [1.82, 2.24) is 10.6 Å². The van der Waals surface area contributed by atoms with Crippen molar-refractivity contribution in [2.45, 2.75) is 24.9 Å². The van der Waals surface area contributed by atoms with Crippen LogP contribution in [0.4, 0.5) is 14.9 Å². The van der Waals surface area contributed by atoms with Gasteiger partial charge in [-0.3, -0.25) is 0 Å². The van der Waals surface area contributed by atoms with Crippen LogP contribution in [0.25, 0.3) is 10.8 Å². The van der Waals surface area contributed by atoms with Crippen LogP contribution < -0.4 is 15.5 Å². The fraction of sp³-hybridized carbons (Fsp3) is 0.200. The van der Waals surface area contributed by atoms with Crippen molar-refractivity contribution >= 4 is 22.5 Å². The third-order valence-electron chi connectivity index (χ3n) is 6.72. The highest BCUT2D eigenvalue weighted by Crippen LogP contribution is 2.29. The summed E-state index contributed by atoms with van der Waals surface area (Å²) in [4.78, 5) is 15.2. The van der Waals surface area contributed by atoms with E-state index in [1.165, 1.54) is 6.07 Å². The normalized spacial score (nSPS) is 16.2. The average Bonchev–Trinajstić information content (AvgIpc) is 2.92. The second-order valence-corrected chi connectivity index (χ2v) is 9.09. The monoisotopic (exact) mass is 478 g/mol. The summed E-state index contributed by atoms with van der Waals surface area (Å²) in [5.41, 5.74) is 2.77. The Balaban J connectivity index is 1.34. The predicted molar refractivity (Wildman–Crippen MR) is 140 cm³/mol. The molecule has 36 heavy (non-hydrogen) atoms. The summed E-state index contributed by atoms with van der Waals surface area (Å²) < 4.78 is 14.6. The summed E-state index contributed by atoms with van der Waals surface area (Å²) in [5.74, 6) is -0.417. The Morgan fingerprint density at radius 2 is 1.78 bits per heavy atom. The molecule has 4 aromatic carbocycles. The Labute approximate surface area is 210 Å². The molecule has 6 heteroatoms. The molecule has 2 N–H and O–H groups in total. The number of nitrogens with zero attached hydrogens (tertiary/aromatic N) is 2. The topological polar surface area (TPSA) is 68.2 Å². The number of rotatable bonds is 5. The first-order valence-electron chi connectivity index (χ1n) is 12.2. The minimum Gasteiger partial charge on any atom is -0.367 e. The van der Waals surface area contributed by atoms with E-state index in [1.54, 1.807) is 12.1 Å². The number of carbonyl (C=O) groups is 1. The third-order valence-corrected chi connectivity index (χ3v) is 6.72. The van der Waals surface area contributed by atoms with Gasteiger partial charge < -0.3 is 15.5 Å². The van der Waals surface area contributed by atoms with Crippen molar-refractivity contribution in [3.05, 3.63) is 114 Å². The minimum atomic E-state index is -0.417. The van der Waals surface area contributed by atoms with Crippen LogP contribution in [0.2, 0.25) is 0 Å². The molecule has 1 saturated heterocycles. The number of urea groups is 1. The summed E-state index contributed by atoms with van der Waals surface area (Å²) >= 11 is 0. The zero-order valence-corrected chi connectivity index (χ0v) is 19.8. The van der Waals surface area contributed by atoms with E-state index in [9.17, 15) is 9.18 Å². The highest BCUT2D eigenvalue weighted by atomic mass is 19.1. The van der Waals surface area contributed by atoms with Gasteiger partial charge in [-0.25, -0.2) is 9.18 Å². The molecule has 2 amide bonds. The van der Waals surface area contributed by atoms with Crippen LogP contribution in [0.15, 0.2) is 91.0 Å². The quantitative estimate of drug-likeness (QED) is 0.375. The lowest BCUT2D eigenvalue weighted by atomic mass is 9.94. The lowest BCUT2D eigenvalue weighted by molar-refractivity contribution is 0.233. The SMILES string of the molecule is N#Cc1ccc(N2CCCC(NC(=O)NC(c3ccccc3)c3cccc4ccccc34)C2)c(F)c1. The van der Waals surface area contributed by atoms with E-state index in [1.807, 2.05) is 59.5 Å². The Bertz CT molecular complexity index is 1410. The smallest absolute Gasteiger partial charge is 0.315 e. The van der Waals surface area contributed by atoms with Crippen molar-refractivity contribution in [3.8, 4) is 6.07 Å². The first-order chi connectivity index (χ1) is 17.6. The van der Waals surface area contributed by atoms with Gasteiger partial charge in [0.05, 0.1) is 23.4 Å². The van der Waals surface area contributed by atoms with Gasteiger partial charge in [0.15, 0.2) is 0 Å². The zero-order valence-electron chi connectivity index (χ0n) is 19.8. The Hall–Kier alpha value is -4.37. The number of hydrogen-bond acceptors (Lipinski definition) is 3. The van der Waals surface area contributed by atoms with E-state index < -0.39 is 5.82 Å². The molecule has 1 heterocycles. The molecule has 4 aromatic rings. The molecule has 0 radical (unpaired) electrons. The Kier molecular flexibility index (Phi) is 6.81. The molecule has 0 saturated carbocycles. The number of amides is 2. The van der Waals surface area contributed by atoms with Gasteiger partial charge in [0.1, 0.15) is 5.82 Å². The number of halogens is 1. The van der Waals surface area contributed by atoms with Crippen molar-refractivity contribution in [3.63, 3.8) is 0 Å². The summed E-state index contributed by atoms with van der Waals surface area (Å²) in [5, 5.41) is 17.5. The highest BCUT2D eigenvalue weighted by molar-refractivity contribution is 5.87. The maximum atomic E-state index is 14.6. The van der Waals surface area contributed by atoms with E-state index in [0.717, 1.165) is 34.7 Å². The van der Waals surface area contributed by atoms with E-state index in [2.05, 4.69) is 34.9 Å². The van der Waals surface area contributed by atoms with Crippen molar-refractivity contribution in [2.24, 2.45) is 0 Å². The zero-order chi connectivity index (χ0) is 24.9. The second kappa shape index (κ2) is 10.5. The highest BCUT2D eigenvalue weighted by Gasteiger charge is 2.25. The number of nitrogens with one attached hydrogen (secondary N) is 2. The number of nitriles is 1. The maximum absolute atomic E-state index is 14.6. The molecule has 2 atom stereocenters. The van der Waals surface area contributed by atoms with Gasteiger partial charge in [0.2, 0.25) is 0 Å². The van der Waals surface area contributed by atoms with Gasteiger partial charge in [-0.05, 0) is 52.9 Å². The number of anilines is 1. The second-order valence-electron chi connectivity index (χ2n) is 9.09. The van der Waals surface area contributed by atoms with Crippen molar-refractivity contribution in [1.29, 1.82) is 5.26 Å². The van der Waals surface area contributed by atoms with Crippen molar-refractivity contribution in [2.75, 3.05) is 18.0 Å². The Morgan fingerprint density at radius 1 is 1.00 bits per heavy atom. The van der Waals surface area contributed by atoms with Crippen LogP contribution in [0.3, 0.4) is 0 Å². The third kappa shape index (κ3) is 5.01. The molecule has 0 aromatic heterocycles. The van der Waals surface area contributed by atoms with Crippen LogP contribution in [0, 0.1) is 17.1 Å². The summed E-state index contributed by atoms with van der Waals surface area (Å²) in [6, 6.07) is 30.0. The van der Waals surface area contributed by atoms with Crippen LogP contribution in [0.1, 0.15) is 35.6 Å². The molecule has 180 valence electrons. The van der Waals surface area contributed by atoms with Gasteiger partial charge in [-0.2, -0.15) is 5.26 Å². The molecule has 0 aliphatic carbocycles. The van der Waals surface area contributed by atoms with Gasteiger partial charge in [0.25, 0.3) is 0 Å². The summed E-state index contributed by atoms with van der Waals surface area (Å²) in [6.45, 7) is 1.20. The first kappa shape index (κ1) is 23.4. The molecule has 5 rings (SSSR count). The fourth-order valence-electron chi connectivity index (χ4n) is 4.99. The van der Waals surface area contributed by atoms with Crippen LogP contribution in [-0.2, 0) is 0 Å². The number of fused-ring (bicyclic) bond motifs is 1. The van der Waals surface area contributed by atoms with Gasteiger partial charge in [-0.15, -0.1) is 0 Å². The predicted octanol–water partition coefficient (Wildman–Crippen LogP) is 5.91. The molecule has 2 unspecified atom stereocenters. The Morgan fingerprint density at radius 3 is 2.58 bits per heavy atom. The molecule has 0 bridgehead atoms. The largest absolute Gasteiger partial charge is 0.367 e. The minimum absolute atomic E-state index is 0.127. The van der Waals surface area contributed by atoms with E-state index in [0.29, 0.717) is 24.3 Å². The van der Waals surface area contributed by atoms with E-state index in [4.69, 9.17) is 5.26 Å². The van der Waals surface area contributed by atoms with Crippen LogP contribution >= 0.6 is 0 Å². The first-order valence-corrected chi connectivity index (χ1v) is 12.2. The van der Waals surface area contributed by atoms with E-state index in [-0.39, 0.29) is 18.1 Å². The molecular weight excluding hydrogens is 451 g/mol. The number of piperidine rings is 1. The maximum Gasteiger partial charge on any atom is 0.315 e. The van der Waals surface area contributed by atoms with E-state index >= 15 is 0 Å². The molecule has 1 fully saturated rings. The molecular formula is C30H27FN4O. The average molecular weight is 479 g/mol. The number of hydrogen-bond donors (Lipinski definition) is 2. The van der Waals surface area contributed by atoms with Crippen molar-refractivity contribution < 1.29 is 9.18 Å². The van der Waals surface area contributed by atoms with Gasteiger partial charge >= 0.3 is 6.03 Å². The van der Waals surface area contributed by atoms with Gasteiger partial charge in [0, 0.05) is 19.1 Å². The summed E-state index contributed by atoms with van der Waals surface area (Å²) in [7, 11) is 0. The lowest BCUT2D eigenvalue weighted by Crippen LogP contribution is -2.51. The molecule has 5 nitrogen and oxygen atoms in total. The van der Waals surface area contributed by atoms with Gasteiger partial charge in [-0.1, -0.05) is 72.8 Å². The number of benzene rings is 4.